The average Bonchev–Trinajstić information content (AvgIpc) is 3.01. The molecule has 0 aromatic carbocycles. The number of rotatable bonds is 10. The molecule has 0 bridgehead atoms. The van der Waals surface area contributed by atoms with Gasteiger partial charge in [-0.2, -0.15) is 0 Å². The minimum atomic E-state index is -0.434. The monoisotopic (exact) mass is 373 g/mol. The molecule has 0 radical (unpaired) electrons. The van der Waals surface area contributed by atoms with Crippen LogP contribution >= 0.6 is 0 Å². The molecule has 8 heteroatoms. The van der Waals surface area contributed by atoms with Gasteiger partial charge in [0.25, 0.3) is 6.47 Å². The van der Waals surface area contributed by atoms with Crippen molar-refractivity contribution in [1.29, 1.82) is 0 Å². The lowest BCUT2D eigenvalue weighted by molar-refractivity contribution is -0.128. The molecule has 0 aliphatic heterocycles. The summed E-state index contributed by atoms with van der Waals surface area (Å²) in [6.45, 7) is 4.52. The molecule has 2 heterocycles. The summed E-state index contributed by atoms with van der Waals surface area (Å²) < 4.78 is 20.3. The van der Waals surface area contributed by atoms with E-state index in [2.05, 4.69) is 25.0 Å². The van der Waals surface area contributed by atoms with Crippen molar-refractivity contribution in [2.75, 3.05) is 11.9 Å². The fourth-order valence-electron chi connectivity index (χ4n) is 2.31. The molecule has 0 aliphatic rings. The number of pyridine rings is 1. The van der Waals surface area contributed by atoms with Crippen LogP contribution in [0.3, 0.4) is 0 Å². The first-order chi connectivity index (χ1) is 13.0. The van der Waals surface area contributed by atoms with E-state index in [0.29, 0.717) is 31.7 Å². The van der Waals surface area contributed by atoms with Crippen molar-refractivity contribution in [3.05, 3.63) is 42.1 Å². The largest absolute Gasteiger partial charge is 0.468 e. The number of aromatic nitrogens is 3. The molecule has 0 amide bonds. The summed E-state index contributed by atoms with van der Waals surface area (Å²) >= 11 is 0. The second kappa shape index (κ2) is 10.2. The van der Waals surface area contributed by atoms with E-state index in [0.717, 1.165) is 22.9 Å². The number of carbonyl (C=O) groups excluding carboxylic acids is 1. The lowest BCUT2D eigenvalue weighted by atomic mass is 10.1. The van der Waals surface area contributed by atoms with Gasteiger partial charge >= 0.3 is 0 Å². The van der Waals surface area contributed by atoms with Crippen molar-refractivity contribution in [2.24, 2.45) is 12.0 Å². The zero-order chi connectivity index (χ0) is 19.6. The Balaban J connectivity index is 1.90. The number of halogens is 1. The van der Waals surface area contributed by atoms with Gasteiger partial charge in [0.1, 0.15) is 17.2 Å². The summed E-state index contributed by atoms with van der Waals surface area (Å²) in [7, 11) is 1.89. The highest BCUT2D eigenvalue weighted by Crippen LogP contribution is 2.16. The summed E-state index contributed by atoms with van der Waals surface area (Å²) in [6.07, 6.45) is 7.17. The first-order valence-corrected chi connectivity index (χ1v) is 8.66. The molecule has 144 valence electrons. The summed E-state index contributed by atoms with van der Waals surface area (Å²) in [5.41, 5.74) is 2.42. The molecule has 0 saturated heterocycles. The number of fused-ring (bicyclic) bond motifs is 1. The van der Waals surface area contributed by atoms with E-state index in [9.17, 15) is 9.18 Å². The van der Waals surface area contributed by atoms with Gasteiger partial charge in [-0.3, -0.25) is 9.79 Å². The van der Waals surface area contributed by atoms with E-state index in [-0.39, 0.29) is 6.04 Å². The number of unbranched alkanes of at least 4 members (excludes halogenated alkanes) is 1. The van der Waals surface area contributed by atoms with Crippen molar-refractivity contribution >= 4 is 29.7 Å². The molecule has 0 saturated carbocycles. The third kappa shape index (κ3) is 6.32. The fraction of sp³-hybridized carbons (Fsp3) is 0.368. The zero-order valence-corrected chi connectivity index (χ0v) is 15.7. The summed E-state index contributed by atoms with van der Waals surface area (Å²) in [5.74, 6) is 0.267. The Bertz CT molecular complexity index is 857. The van der Waals surface area contributed by atoms with Crippen LogP contribution in [0, 0.1) is 0 Å². The standard InChI is InChI=1S/C19H24FN5O2/c1-14(10-16(20)11-21-8-4-5-9-27-13-26)15(2)23-18-7-6-17-19(24-18)25(3)12-22-17/h6-8,10-13,15H,4-5,9H2,1-3H3,(H,23,24)/b14-10+,16-11+,21-8?. The summed E-state index contributed by atoms with van der Waals surface area (Å²) in [4.78, 5) is 22.7. The topological polar surface area (TPSA) is 81.4 Å². The van der Waals surface area contributed by atoms with Crippen LogP contribution in [0.2, 0.25) is 0 Å². The van der Waals surface area contributed by atoms with E-state index in [1.54, 1.807) is 12.5 Å². The van der Waals surface area contributed by atoms with E-state index in [1.165, 1.54) is 6.08 Å². The van der Waals surface area contributed by atoms with Crippen molar-refractivity contribution in [1.82, 2.24) is 14.5 Å². The average molecular weight is 373 g/mol. The Morgan fingerprint density at radius 1 is 1.48 bits per heavy atom. The summed E-state index contributed by atoms with van der Waals surface area (Å²) in [6, 6.07) is 3.64. The molecular formula is C19H24FN5O2. The van der Waals surface area contributed by atoms with Gasteiger partial charge in [0.2, 0.25) is 0 Å². The van der Waals surface area contributed by atoms with Crippen LogP contribution in [-0.2, 0) is 16.6 Å². The third-order valence-electron chi connectivity index (χ3n) is 3.94. The van der Waals surface area contributed by atoms with E-state index in [1.807, 2.05) is 37.6 Å². The number of hydrogen-bond acceptors (Lipinski definition) is 6. The molecule has 2 aromatic rings. The third-order valence-corrected chi connectivity index (χ3v) is 3.94. The Labute approximate surface area is 157 Å². The Hall–Kier alpha value is -3.03. The number of hydrogen-bond donors (Lipinski definition) is 1. The van der Waals surface area contributed by atoms with Gasteiger partial charge in [0, 0.05) is 19.3 Å². The van der Waals surface area contributed by atoms with Gasteiger partial charge < -0.3 is 14.6 Å². The lowest BCUT2D eigenvalue weighted by Gasteiger charge is -2.15. The maximum Gasteiger partial charge on any atom is 0.293 e. The number of allylic oxidation sites excluding steroid dienone is 2. The Morgan fingerprint density at radius 3 is 3.07 bits per heavy atom. The molecule has 27 heavy (non-hydrogen) atoms. The van der Waals surface area contributed by atoms with Gasteiger partial charge in [-0.25, -0.2) is 14.4 Å². The van der Waals surface area contributed by atoms with Crippen LogP contribution in [0.4, 0.5) is 10.2 Å². The Morgan fingerprint density at radius 2 is 2.30 bits per heavy atom. The molecule has 1 atom stereocenters. The fourth-order valence-corrected chi connectivity index (χ4v) is 2.31. The number of imidazole rings is 1. The molecule has 0 fully saturated rings. The van der Waals surface area contributed by atoms with Crippen LogP contribution < -0.4 is 5.32 Å². The summed E-state index contributed by atoms with van der Waals surface area (Å²) in [5, 5.41) is 3.26. The Kier molecular flexibility index (Phi) is 7.66. The quantitative estimate of drug-likeness (QED) is 0.298. The van der Waals surface area contributed by atoms with Crippen molar-refractivity contribution in [2.45, 2.75) is 32.7 Å². The van der Waals surface area contributed by atoms with Crippen LogP contribution in [0.25, 0.3) is 11.2 Å². The van der Waals surface area contributed by atoms with Crippen molar-refractivity contribution < 1.29 is 13.9 Å². The van der Waals surface area contributed by atoms with E-state index in [4.69, 9.17) is 0 Å². The van der Waals surface area contributed by atoms with Gasteiger partial charge in [-0.1, -0.05) is 0 Å². The van der Waals surface area contributed by atoms with Crippen molar-refractivity contribution in [3.8, 4) is 0 Å². The first-order valence-electron chi connectivity index (χ1n) is 8.66. The molecule has 0 spiro atoms. The normalized spacial score (nSPS) is 13.9. The van der Waals surface area contributed by atoms with Crippen LogP contribution in [0.1, 0.15) is 26.7 Å². The van der Waals surface area contributed by atoms with Crippen LogP contribution in [0.15, 0.2) is 47.1 Å². The second-order valence-electron chi connectivity index (χ2n) is 6.10. The SMILES string of the molecule is C/C(=C\C(F)=C/N=CCCCOC=O)C(C)Nc1ccc2ncn(C)c2n1. The minimum absolute atomic E-state index is 0.105. The van der Waals surface area contributed by atoms with E-state index < -0.39 is 5.83 Å². The molecule has 2 aromatic heterocycles. The number of ether oxygens (including phenoxy) is 1. The zero-order valence-electron chi connectivity index (χ0n) is 15.7. The van der Waals surface area contributed by atoms with Gasteiger partial charge in [0.05, 0.1) is 19.1 Å². The number of anilines is 1. The lowest BCUT2D eigenvalue weighted by Crippen LogP contribution is -2.17. The van der Waals surface area contributed by atoms with Crippen LogP contribution in [0.5, 0.6) is 0 Å². The number of carbonyl (C=O) groups is 1. The smallest absolute Gasteiger partial charge is 0.293 e. The minimum Gasteiger partial charge on any atom is -0.468 e. The first kappa shape index (κ1) is 20.3. The van der Waals surface area contributed by atoms with E-state index >= 15 is 0 Å². The molecule has 7 nitrogen and oxygen atoms in total. The predicted octanol–water partition coefficient (Wildman–Crippen LogP) is 3.55. The highest BCUT2D eigenvalue weighted by Gasteiger charge is 2.08. The van der Waals surface area contributed by atoms with Gasteiger partial charge in [-0.05, 0) is 50.5 Å². The predicted molar refractivity (Wildman–Crippen MR) is 104 cm³/mol. The number of aliphatic imine (C=N–C) groups is 1. The highest BCUT2D eigenvalue weighted by molar-refractivity contribution is 5.73. The molecule has 0 aliphatic carbocycles. The molecular weight excluding hydrogens is 349 g/mol. The maximum absolute atomic E-state index is 13.9. The molecule has 1 unspecified atom stereocenters. The number of nitrogens with one attached hydrogen (secondary N) is 1. The highest BCUT2D eigenvalue weighted by atomic mass is 19.1. The van der Waals surface area contributed by atoms with Crippen molar-refractivity contribution in [3.63, 3.8) is 0 Å². The molecule has 2 rings (SSSR count). The molecule has 1 N–H and O–H groups in total. The van der Waals surface area contributed by atoms with Crippen LogP contribution in [-0.4, -0.2) is 39.9 Å². The van der Waals surface area contributed by atoms with Gasteiger partial charge in [-0.15, -0.1) is 0 Å². The van der Waals surface area contributed by atoms with Gasteiger partial charge in [0.15, 0.2) is 5.65 Å². The maximum atomic E-state index is 13.9. The number of nitrogens with zero attached hydrogens (tertiary/aromatic N) is 4. The number of aryl methyl sites for hydroxylation is 1. The second-order valence-corrected chi connectivity index (χ2v) is 6.10.